The number of hydrogen-bond donors (Lipinski definition) is 4. The fourth-order valence-corrected chi connectivity index (χ4v) is 0. The van der Waals surface area contributed by atoms with Crippen molar-refractivity contribution in [1.82, 2.24) is 0 Å². The number of hydrogen-bond acceptors (Lipinski definition) is 4. The molecular formula is H6N2O4RhS. The van der Waals surface area contributed by atoms with E-state index in [-0.39, 0.29) is 19.5 Å². The van der Waals surface area contributed by atoms with E-state index in [4.69, 9.17) is 17.5 Å². The Morgan fingerprint density at radius 1 is 1.12 bits per heavy atom. The molecule has 0 unspecified atom stereocenters. The van der Waals surface area contributed by atoms with Crippen molar-refractivity contribution in [3.8, 4) is 0 Å². The smallest absolute Gasteiger partial charge is 0.274 e. The van der Waals surface area contributed by atoms with Crippen molar-refractivity contribution in [3.05, 3.63) is 0 Å². The van der Waals surface area contributed by atoms with Crippen molar-refractivity contribution in [1.29, 1.82) is 0 Å². The Morgan fingerprint density at radius 2 is 1.12 bits per heavy atom. The monoisotopic (exact) mass is 233 g/mol. The summed E-state index contributed by atoms with van der Waals surface area (Å²) in [6.45, 7) is 0. The summed E-state index contributed by atoms with van der Waals surface area (Å²) in [6.07, 6.45) is 0. The van der Waals surface area contributed by atoms with E-state index in [0.717, 1.165) is 0 Å². The summed E-state index contributed by atoms with van der Waals surface area (Å²) >= 11 is 0. The van der Waals surface area contributed by atoms with Gasteiger partial charge in [-0.05, 0) is 0 Å². The standard InChI is InChI=1S/H4N2.H2O4S.Rh/c1-2;1-5(2,3)4;/h1-2H2;(H2,1,2,3,4);. The first-order chi connectivity index (χ1) is 3.00. The van der Waals surface area contributed by atoms with Crippen LogP contribution in [0.15, 0.2) is 0 Å². The van der Waals surface area contributed by atoms with Gasteiger partial charge in [0.25, 0.3) is 0 Å². The third-order valence-electron chi connectivity index (χ3n) is 0. The molecule has 6 N–H and O–H groups in total. The van der Waals surface area contributed by atoms with Crippen molar-refractivity contribution in [2.24, 2.45) is 11.7 Å². The maximum absolute atomic E-state index is 8.74. The quantitative estimate of drug-likeness (QED) is 0.168. The Morgan fingerprint density at radius 3 is 1.12 bits per heavy atom. The molecule has 0 rings (SSSR count). The van der Waals surface area contributed by atoms with Crippen LogP contribution in [-0.4, -0.2) is 17.5 Å². The molecule has 0 fully saturated rings. The van der Waals surface area contributed by atoms with E-state index >= 15 is 0 Å². The minimum atomic E-state index is -4.67. The van der Waals surface area contributed by atoms with Gasteiger partial charge in [0.15, 0.2) is 0 Å². The van der Waals surface area contributed by atoms with Gasteiger partial charge in [-0.25, -0.2) is 0 Å². The molecule has 0 aromatic rings. The summed E-state index contributed by atoms with van der Waals surface area (Å²) in [6, 6.07) is 0. The Balaban J connectivity index is -0.0000000750. The maximum atomic E-state index is 8.74. The second-order valence-electron chi connectivity index (χ2n) is 0.448. The summed E-state index contributed by atoms with van der Waals surface area (Å²) < 4.78 is 31.6. The van der Waals surface area contributed by atoms with Crippen LogP contribution in [-0.2, 0) is 29.9 Å². The van der Waals surface area contributed by atoms with Gasteiger partial charge in [0.1, 0.15) is 0 Å². The fourth-order valence-electron chi connectivity index (χ4n) is 0. The van der Waals surface area contributed by atoms with Crippen LogP contribution in [0.5, 0.6) is 0 Å². The van der Waals surface area contributed by atoms with Gasteiger partial charge in [0.2, 0.25) is 0 Å². The molecule has 0 bridgehead atoms. The maximum Gasteiger partial charge on any atom is 0.394 e. The minimum absolute atomic E-state index is 0. The van der Waals surface area contributed by atoms with E-state index in [1.807, 2.05) is 0 Å². The number of nitrogens with two attached hydrogens (primary N) is 2. The Bertz CT molecular complexity index is 97.2. The zero-order chi connectivity index (χ0) is 6.50. The SMILES string of the molecule is NN.O=S(=O)(O)O.[Rh]. The minimum Gasteiger partial charge on any atom is -0.274 e. The largest absolute Gasteiger partial charge is 0.394 e. The van der Waals surface area contributed by atoms with Gasteiger partial charge in [-0.2, -0.15) is 8.42 Å². The Hall–Kier alpha value is 0.413. The molecule has 0 amide bonds. The van der Waals surface area contributed by atoms with E-state index in [2.05, 4.69) is 11.7 Å². The molecule has 0 aromatic heterocycles. The van der Waals surface area contributed by atoms with Crippen molar-refractivity contribution in [3.63, 3.8) is 0 Å². The van der Waals surface area contributed by atoms with Crippen LogP contribution in [0, 0.1) is 0 Å². The molecule has 6 nitrogen and oxygen atoms in total. The second-order valence-corrected chi connectivity index (χ2v) is 1.34. The number of rotatable bonds is 0. The first-order valence-electron chi connectivity index (χ1n) is 1.03. The van der Waals surface area contributed by atoms with E-state index < -0.39 is 10.4 Å². The molecule has 0 spiro atoms. The summed E-state index contributed by atoms with van der Waals surface area (Å²) in [5, 5.41) is 0. The van der Waals surface area contributed by atoms with Gasteiger partial charge < -0.3 is 0 Å². The van der Waals surface area contributed by atoms with E-state index in [1.165, 1.54) is 0 Å². The van der Waals surface area contributed by atoms with Crippen molar-refractivity contribution < 1.29 is 37.0 Å². The fraction of sp³-hybridized carbons (Fsp3) is 0. The topological polar surface area (TPSA) is 127 Å². The number of hydrazine groups is 1. The summed E-state index contributed by atoms with van der Waals surface area (Å²) in [5.74, 6) is 8.00. The van der Waals surface area contributed by atoms with E-state index in [0.29, 0.717) is 0 Å². The molecule has 0 atom stereocenters. The van der Waals surface area contributed by atoms with E-state index in [9.17, 15) is 0 Å². The molecule has 0 aliphatic heterocycles. The molecule has 0 aliphatic rings. The van der Waals surface area contributed by atoms with Gasteiger partial charge in [-0.3, -0.25) is 20.8 Å². The van der Waals surface area contributed by atoms with Crippen LogP contribution in [0.2, 0.25) is 0 Å². The van der Waals surface area contributed by atoms with Gasteiger partial charge in [-0.1, -0.05) is 0 Å². The predicted octanol–water partition coefficient (Wildman–Crippen LogP) is -1.84. The van der Waals surface area contributed by atoms with Crippen molar-refractivity contribution >= 4 is 10.4 Å². The summed E-state index contributed by atoms with van der Waals surface area (Å²) in [4.78, 5) is 0. The van der Waals surface area contributed by atoms with E-state index in [1.54, 1.807) is 0 Å². The molecule has 0 heterocycles. The molecule has 0 aromatic carbocycles. The van der Waals surface area contributed by atoms with Gasteiger partial charge in [0, 0.05) is 19.5 Å². The zero-order valence-corrected chi connectivity index (χ0v) is 6.06. The van der Waals surface area contributed by atoms with Crippen molar-refractivity contribution in [2.45, 2.75) is 0 Å². The molecule has 8 heteroatoms. The average molecular weight is 233 g/mol. The molecule has 55 valence electrons. The first-order valence-corrected chi connectivity index (χ1v) is 2.43. The average Bonchev–Trinajstić information content (AvgIpc) is 1.36. The second kappa shape index (κ2) is 7.41. The molecule has 0 saturated heterocycles. The molecule has 0 saturated carbocycles. The van der Waals surface area contributed by atoms with Crippen LogP contribution < -0.4 is 11.7 Å². The first kappa shape index (κ1) is 15.8. The molecule has 0 aliphatic carbocycles. The zero-order valence-electron chi connectivity index (χ0n) is 3.61. The van der Waals surface area contributed by atoms with Crippen molar-refractivity contribution in [2.75, 3.05) is 0 Å². The summed E-state index contributed by atoms with van der Waals surface area (Å²) in [5.41, 5.74) is 0. The van der Waals surface area contributed by atoms with Crippen LogP contribution in [0.4, 0.5) is 0 Å². The van der Waals surface area contributed by atoms with Gasteiger partial charge in [-0.15, -0.1) is 0 Å². The van der Waals surface area contributed by atoms with Gasteiger partial charge in [0.05, 0.1) is 0 Å². The van der Waals surface area contributed by atoms with Gasteiger partial charge >= 0.3 is 10.4 Å². The summed E-state index contributed by atoms with van der Waals surface area (Å²) in [7, 11) is -4.67. The third-order valence-corrected chi connectivity index (χ3v) is 0. The molecular weight excluding hydrogens is 227 g/mol. The Kier molecular flexibility index (Phi) is 14.6. The third kappa shape index (κ3) is 1100. The van der Waals surface area contributed by atoms with Crippen LogP contribution in [0.3, 0.4) is 0 Å². The van der Waals surface area contributed by atoms with Crippen LogP contribution >= 0.6 is 0 Å². The molecule has 8 heavy (non-hydrogen) atoms. The Labute approximate surface area is 59.5 Å². The van der Waals surface area contributed by atoms with Crippen LogP contribution in [0.25, 0.3) is 0 Å². The van der Waals surface area contributed by atoms with Crippen LogP contribution in [0.1, 0.15) is 0 Å². The molecule has 1 radical (unpaired) electrons. The predicted molar refractivity (Wildman–Crippen MR) is 22.6 cm³/mol. The normalized spacial score (nSPS) is 8.00.